The van der Waals surface area contributed by atoms with Gasteiger partial charge in [-0.2, -0.15) is 0 Å². The lowest BCUT2D eigenvalue weighted by Gasteiger charge is -2.56. The number of carbonyl (C=O) groups is 2. The van der Waals surface area contributed by atoms with Gasteiger partial charge >= 0.3 is 6.03 Å². The Morgan fingerprint density at radius 3 is 2.21 bits per heavy atom. The topological polar surface area (TPSA) is 74.8 Å². The minimum atomic E-state index is -0.381. The van der Waals surface area contributed by atoms with Gasteiger partial charge in [0.1, 0.15) is 6.04 Å². The van der Waals surface area contributed by atoms with E-state index in [9.17, 15) is 9.59 Å². The molecule has 28 heavy (non-hydrogen) atoms. The molecule has 2 atom stereocenters. The Bertz CT molecular complexity index is 731. The van der Waals surface area contributed by atoms with Crippen LogP contribution >= 0.6 is 11.6 Å². The van der Waals surface area contributed by atoms with Crippen molar-refractivity contribution < 1.29 is 14.9 Å². The normalized spacial score (nSPS) is 32.6. The first-order valence-electron chi connectivity index (χ1n) is 10.6. The number of imide groups is 1. The van der Waals surface area contributed by atoms with Gasteiger partial charge in [-0.3, -0.25) is 10.1 Å². The van der Waals surface area contributed by atoms with Crippen molar-refractivity contribution in [2.45, 2.75) is 70.0 Å². The molecule has 4 aliphatic carbocycles. The third-order valence-electron chi connectivity index (χ3n) is 7.04. The molecule has 4 saturated carbocycles. The van der Waals surface area contributed by atoms with Crippen LogP contribution in [0.3, 0.4) is 0 Å². The first-order valence-corrected chi connectivity index (χ1v) is 10.9. The average Bonchev–Trinajstić information content (AvgIpc) is 2.60. The van der Waals surface area contributed by atoms with Crippen LogP contribution in [0.15, 0.2) is 24.3 Å². The number of urea groups is 1. The second-order valence-electron chi connectivity index (χ2n) is 9.43. The van der Waals surface area contributed by atoms with Crippen molar-refractivity contribution in [2.24, 2.45) is 17.8 Å². The molecule has 1 aromatic carbocycles. The Labute approximate surface area is 172 Å². The van der Waals surface area contributed by atoms with Crippen molar-refractivity contribution in [3.63, 3.8) is 0 Å². The van der Waals surface area contributed by atoms with E-state index in [0.717, 1.165) is 42.6 Å². The summed E-state index contributed by atoms with van der Waals surface area (Å²) < 4.78 is 0. The van der Waals surface area contributed by atoms with Gasteiger partial charge in [0.2, 0.25) is 0 Å². The van der Waals surface area contributed by atoms with Crippen LogP contribution < -0.4 is 16.0 Å². The third-order valence-corrected chi connectivity index (χ3v) is 7.38. The summed E-state index contributed by atoms with van der Waals surface area (Å²) >= 11 is 6.25. The Balaban J connectivity index is 1.31. The van der Waals surface area contributed by atoms with E-state index in [1.807, 2.05) is 43.4 Å². The maximum Gasteiger partial charge on any atom is 0.322 e. The molecular formula is C22H31ClN3O2+. The molecule has 0 unspecified atom stereocenters. The Morgan fingerprint density at radius 1 is 1.07 bits per heavy atom. The molecule has 1 aromatic rings. The third kappa shape index (κ3) is 4.06. The fourth-order valence-electron chi connectivity index (χ4n) is 6.23. The zero-order valence-corrected chi connectivity index (χ0v) is 17.5. The summed E-state index contributed by atoms with van der Waals surface area (Å²) in [4.78, 5) is 25.1. The van der Waals surface area contributed by atoms with Crippen LogP contribution in [-0.4, -0.2) is 23.5 Å². The zero-order chi connectivity index (χ0) is 19.9. The summed E-state index contributed by atoms with van der Waals surface area (Å²) in [5, 5.41) is 8.40. The van der Waals surface area contributed by atoms with Gasteiger partial charge < -0.3 is 10.6 Å². The number of amides is 3. The van der Waals surface area contributed by atoms with Crippen molar-refractivity contribution in [3.05, 3.63) is 34.9 Å². The number of carbonyl (C=O) groups excluding carboxylic acids is 2. The molecule has 0 aliphatic heterocycles. The lowest BCUT2D eigenvalue weighted by Crippen LogP contribution is -2.92. The fraction of sp³-hybridized carbons (Fsp3) is 0.636. The molecule has 0 aromatic heterocycles. The molecular weight excluding hydrogens is 374 g/mol. The van der Waals surface area contributed by atoms with Crippen LogP contribution in [0.5, 0.6) is 0 Å². The molecule has 0 saturated heterocycles. The monoisotopic (exact) mass is 404 g/mol. The second-order valence-corrected chi connectivity index (χ2v) is 9.84. The second kappa shape index (κ2) is 7.68. The summed E-state index contributed by atoms with van der Waals surface area (Å²) in [6.07, 6.45) is 7.21. The lowest BCUT2D eigenvalue weighted by atomic mass is 9.53. The van der Waals surface area contributed by atoms with Crippen LogP contribution in [0.2, 0.25) is 5.02 Å². The molecule has 5 rings (SSSR count). The molecule has 0 heterocycles. The van der Waals surface area contributed by atoms with Crippen molar-refractivity contribution in [1.82, 2.24) is 10.6 Å². The maximum atomic E-state index is 12.6. The smallest absolute Gasteiger partial charge is 0.322 e. The molecule has 152 valence electrons. The summed E-state index contributed by atoms with van der Waals surface area (Å²) in [6.45, 7) is 3.83. The van der Waals surface area contributed by atoms with Crippen molar-refractivity contribution >= 4 is 23.5 Å². The molecule has 0 radical (unpaired) electrons. The Hall–Kier alpha value is -1.59. The predicted molar refractivity (Wildman–Crippen MR) is 109 cm³/mol. The lowest BCUT2D eigenvalue weighted by molar-refractivity contribution is -0.710. The average molecular weight is 405 g/mol. The van der Waals surface area contributed by atoms with Crippen LogP contribution in [0.25, 0.3) is 0 Å². The van der Waals surface area contributed by atoms with Gasteiger partial charge in [0.25, 0.3) is 5.91 Å². The maximum absolute atomic E-state index is 12.6. The van der Waals surface area contributed by atoms with E-state index in [1.54, 1.807) is 0 Å². The predicted octanol–water partition coefficient (Wildman–Crippen LogP) is 3.15. The Kier molecular flexibility index (Phi) is 5.41. The highest BCUT2D eigenvalue weighted by molar-refractivity contribution is 6.31. The molecule has 4 aliphatic rings. The summed E-state index contributed by atoms with van der Waals surface area (Å²) in [5.74, 6) is 2.00. The van der Waals surface area contributed by atoms with E-state index in [1.165, 1.54) is 19.3 Å². The van der Waals surface area contributed by atoms with Gasteiger partial charge in [-0.05, 0) is 76.2 Å². The van der Waals surface area contributed by atoms with Crippen LogP contribution in [-0.2, 0) is 4.79 Å². The summed E-state index contributed by atoms with van der Waals surface area (Å²) in [6, 6.07) is 6.96. The van der Waals surface area contributed by atoms with Crippen LogP contribution in [0, 0.1) is 17.8 Å². The van der Waals surface area contributed by atoms with Crippen molar-refractivity contribution in [2.75, 3.05) is 0 Å². The molecule has 4 fully saturated rings. The number of halogens is 1. The molecule has 3 amide bonds. The number of nitrogens with one attached hydrogen (secondary N) is 2. The molecule has 5 nitrogen and oxygen atoms in total. The minimum Gasteiger partial charge on any atom is -0.332 e. The quantitative estimate of drug-likeness (QED) is 0.705. The van der Waals surface area contributed by atoms with Gasteiger partial charge in [-0.1, -0.05) is 29.8 Å². The number of hydrogen-bond donors (Lipinski definition) is 3. The highest BCUT2D eigenvalue weighted by Gasteiger charge is 2.51. The molecule has 4 N–H and O–H groups in total. The molecule has 4 bridgehead atoms. The fourth-order valence-corrected chi connectivity index (χ4v) is 6.54. The van der Waals surface area contributed by atoms with E-state index < -0.39 is 0 Å². The van der Waals surface area contributed by atoms with E-state index >= 15 is 0 Å². The zero-order valence-electron chi connectivity index (χ0n) is 16.7. The van der Waals surface area contributed by atoms with Gasteiger partial charge in [-0.25, -0.2) is 4.79 Å². The van der Waals surface area contributed by atoms with Crippen molar-refractivity contribution in [3.8, 4) is 0 Å². The van der Waals surface area contributed by atoms with E-state index in [2.05, 4.69) is 10.6 Å². The van der Waals surface area contributed by atoms with Gasteiger partial charge in [-0.15, -0.1) is 0 Å². The highest BCUT2D eigenvalue weighted by Crippen LogP contribution is 2.55. The first kappa shape index (κ1) is 19.7. The van der Waals surface area contributed by atoms with E-state index in [4.69, 9.17) is 11.6 Å². The van der Waals surface area contributed by atoms with Crippen LogP contribution in [0.1, 0.15) is 64.0 Å². The highest BCUT2D eigenvalue weighted by atomic mass is 35.5. The standard InChI is InChI=1S/C22H30ClN3O2/c1-13(18-5-3-4-6-19(18)23)24-14(2)20(27)25-21(28)26-22-10-15-7-16(11-22)9-17(8-15)12-22/h3-6,13-17,24H,7-12H2,1-2H3,(H2,25,26,27,28)/p+1/t13-,14+,15?,16?,17?,22?/m0/s1. The van der Waals surface area contributed by atoms with E-state index in [-0.39, 0.29) is 29.6 Å². The van der Waals surface area contributed by atoms with Crippen molar-refractivity contribution in [1.29, 1.82) is 0 Å². The Morgan fingerprint density at radius 2 is 1.64 bits per heavy atom. The molecule has 0 spiro atoms. The number of hydrogen-bond acceptors (Lipinski definition) is 2. The van der Waals surface area contributed by atoms with E-state index in [0.29, 0.717) is 5.02 Å². The number of quaternary nitrogens is 1. The largest absolute Gasteiger partial charge is 0.332 e. The minimum absolute atomic E-state index is 0.0284. The number of nitrogens with two attached hydrogens (primary N) is 1. The molecule has 6 heteroatoms. The number of rotatable bonds is 5. The van der Waals surface area contributed by atoms with Gasteiger partial charge in [0, 0.05) is 16.1 Å². The van der Waals surface area contributed by atoms with Crippen LogP contribution in [0.4, 0.5) is 4.79 Å². The SMILES string of the molecule is C[C@H]([NH2+][C@H](C)C(=O)NC(=O)NC12CC3CC(CC(C3)C1)C2)c1ccccc1Cl. The van der Waals surface area contributed by atoms with Gasteiger partial charge in [0.15, 0.2) is 6.04 Å². The summed E-state index contributed by atoms with van der Waals surface area (Å²) in [5.41, 5.74) is 0.901. The first-order chi connectivity index (χ1) is 13.3. The number of benzene rings is 1. The van der Waals surface area contributed by atoms with Gasteiger partial charge in [0.05, 0.1) is 0 Å². The summed E-state index contributed by atoms with van der Waals surface area (Å²) in [7, 11) is 0.